The topological polar surface area (TPSA) is 187 Å². The highest BCUT2D eigenvalue weighted by Crippen LogP contribution is 2.53. The number of amides is 1. The zero-order valence-corrected chi connectivity index (χ0v) is 20.4. The van der Waals surface area contributed by atoms with Gasteiger partial charge in [0.15, 0.2) is 17.2 Å². The summed E-state index contributed by atoms with van der Waals surface area (Å²) in [4.78, 5) is 40.8. The number of phenolic OH excluding ortho intramolecular Hbond substituents is 1. The molecule has 5 atom stereocenters. The second-order valence-electron chi connectivity index (χ2n) is 10.4. The number of Topliss-reactive ketones (excluding diaryl/α,β-unsaturated/α-hetero) is 2. The van der Waals surface area contributed by atoms with Gasteiger partial charge in [0.1, 0.15) is 17.4 Å². The summed E-state index contributed by atoms with van der Waals surface area (Å²) in [7, 11) is 3.62. The summed E-state index contributed by atoms with van der Waals surface area (Å²) in [6, 6.07) is 8.60. The van der Waals surface area contributed by atoms with E-state index in [1.165, 1.54) is 0 Å². The number of nitrogens with two attached hydrogens (primary N) is 2. The highest BCUT2D eigenvalue weighted by atomic mass is 16.3. The molecule has 2 aromatic carbocycles. The van der Waals surface area contributed by atoms with E-state index < -0.39 is 52.7 Å². The van der Waals surface area contributed by atoms with E-state index in [9.17, 15) is 34.8 Å². The Bertz CT molecular complexity index is 1400. The van der Waals surface area contributed by atoms with Gasteiger partial charge in [0.2, 0.25) is 5.91 Å². The lowest BCUT2D eigenvalue weighted by atomic mass is 9.57. The van der Waals surface area contributed by atoms with Crippen molar-refractivity contribution in [2.45, 2.75) is 31.0 Å². The number of rotatable bonds is 3. The fourth-order valence-corrected chi connectivity index (χ4v) is 6.30. The first kappa shape index (κ1) is 24.8. The van der Waals surface area contributed by atoms with Crippen molar-refractivity contribution in [3.8, 4) is 16.9 Å². The lowest BCUT2D eigenvalue weighted by molar-refractivity contribution is -0.167. The van der Waals surface area contributed by atoms with Crippen LogP contribution in [0.4, 0.5) is 11.4 Å². The maximum Gasteiger partial charge on any atom is 0.230 e. The lowest BCUT2D eigenvalue weighted by Gasteiger charge is -2.48. The predicted molar refractivity (Wildman–Crippen MR) is 135 cm³/mol. The Kier molecular flexibility index (Phi) is 5.58. The predicted octanol–water partition coefficient (Wildman–Crippen LogP) is 1.06. The molecule has 0 aromatic heterocycles. The summed E-state index contributed by atoms with van der Waals surface area (Å²) in [6.45, 7) is 0. The summed E-state index contributed by atoms with van der Waals surface area (Å²) in [5, 5.41) is 44.4. The molecule has 2 unspecified atom stereocenters. The summed E-state index contributed by atoms with van der Waals surface area (Å²) in [6.07, 6.45) is -1.20. The molecule has 0 aliphatic heterocycles. The molecule has 1 saturated carbocycles. The Morgan fingerprint density at radius 1 is 1.14 bits per heavy atom. The van der Waals surface area contributed by atoms with Gasteiger partial charge in [-0.3, -0.25) is 14.4 Å². The van der Waals surface area contributed by atoms with E-state index in [-0.39, 0.29) is 36.1 Å². The number of aliphatic hydroxyl groups excluding tert-OH is 2. The molecule has 0 radical (unpaired) electrons. The Balaban J connectivity index is 1.72. The number of aromatic hydroxyl groups is 1. The first-order chi connectivity index (χ1) is 17.4. The third kappa shape index (κ3) is 3.43. The van der Waals surface area contributed by atoms with Crippen LogP contribution in [0.25, 0.3) is 11.1 Å². The fourth-order valence-electron chi connectivity index (χ4n) is 6.30. The van der Waals surface area contributed by atoms with E-state index in [2.05, 4.69) is 0 Å². The minimum absolute atomic E-state index is 0.0294. The van der Waals surface area contributed by atoms with E-state index in [1.807, 2.05) is 19.0 Å². The molecule has 3 aliphatic carbocycles. The SMILES string of the molecule is CN(C)c1cc(-c2cccc(N)c2)c(O)c2c1C[C@H]1C[C@H]3CC(O)C(C(N)=O)C(=O)[C@@]3(O)C(O)=C1C2=O. The van der Waals surface area contributed by atoms with Gasteiger partial charge in [-0.25, -0.2) is 0 Å². The largest absolute Gasteiger partial charge is 0.508 e. The maximum absolute atomic E-state index is 13.9. The first-order valence-electron chi connectivity index (χ1n) is 12.0. The quantitative estimate of drug-likeness (QED) is 0.261. The molecular formula is C27H29N3O7. The first-order valence-corrected chi connectivity index (χ1v) is 12.0. The molecule has 5 rings (SSSR count). The molecule has 1 fully saturated rings. The van der Waals surface area contributed by atoms with Gasteiger partial charge < -0.3 is 36.8 Å². The normalized spacial score (nSPS) is 28.9. The van der Waals surface area contributed by atoms with Gasteiger partial charge in [0.25, 0.3) is 0 Å². The van der Waals surface area contributed by atoms with Crippen molar-refractivity contribution >= 4 is 28.8 Å². The third-order valence-electron chi connectivity index (χ3n) is 8.05. The number of hydrogen-bond acceptors (Lipinski definition) is 9. The van der Waals surface area contributed by atoms with E-state index in [4.69, 9.17) is 11.5 Å². The number of carbonyl (C=O) groups excluding carboxylic acids is 3. The molecule has 0 spiro atoms. The van der Waals surface area contributed by atoms with Gasteiger partial charge in [-0.2, -0.15) is 0 Å². The Labute approximate surface area is 212 Å². The molecular weight excluding hydrogens is 478 g/mol. The number of benzene rings is 2. The molecule has 8 N–H and O–H groups in total. The van der Waals surface area contributed by atoms with E-state index in [0.717, 1.165) is 0 Å². The number of nitrogen functional groups attached to an aromatic ring is 1. The zero-order valence-electron chi connectivity index (χ0n) is 20.4. The standard InChI is InChI=1S/C27H29N3O7/c1-30(2)17-10-15(11-4-3-5-14(28)7-11)22(32)20-16(17)8-12-6-13-9-18(31)21(26(29)36)25(35)27(13,37)24(34)19(12)23(20)33/h3-5,7,10,12-13,18,21,31-32,34,37H,6,8-9,28H2,1-2H3,(H2,29,36)/t12-,13+,18?,21?,27+/m1/s1. The van der Waals surface area contributed by atoms with Crippen molar-refractivity contribution in [2.24, 2.45) is 23.5 Å². The molecule has 10 nitrogen and oxygen atoms in total. The summed E-state index contributed by atoms with van der Waals surface area (Å²) >= 11 is 0. The van der Waals surface area contributed by atoms with Crippen LogP contribution in [0.2, 0.25) is 0 Å². The van der Waals surface area contributed by atoms with Crippen molar-refractivity contribution in [3.63, 3.8) is 0 Å². The van der Waals surface area contributed by atoms with Crippen LogP contribution in [-0.4, -0.2) is 63.7 Å². The highest BCUT2D eigenvalue weighted by molar-refractivity contribution is 6.17. The van der Waals surface area contributed by atoms with Crippen molar-refractivity contribution < 1.29 is 34.8 Å². The van der Waals surface area contributed by atoms with Crippen LogP contribution in [0.15, 0.2) is 41.7 Å². The average Bonchev–Trinajstić information content (AvgIpc) is 2.81. The second kappa shape index (κ2) is 8.32. The van der Waals surface area contributed by atoms with Crippen LogP contribution in [0, 0.1) is 17.8 Å². The number of aliphatic hydroxyl groups is 3. The molecule has 0 bridgehead atoms. The molecule has 3 aliphatic rings. The monoisotopic (exact) mass is 507 g/mol. The second-order valence-corrected chi connectivity index (χ2v) is 10.4. The number of hydrogen-bond donors (Lipinski definition) is 6. The highest BCUT2D eigenvalue weighted by Gasteiger charge is 2.62. The number of anilines is 2. The number of nitrogens with zero attached hydrogens (tertiary/aromatic N) is 1. The average molecular weight is 508 g/mol. The number of fused-ring (bicyclic) bond motifs is 3. The van der Waals surface area contributed by atoms with Gasteiger partial charge in [-0.15, -0.1) is 0 Å². The van der Waals surface area contributed by atoms with Crippen LogP contribution in [0.5, 0.6) is 5.75 Å². The summed E-state index contributed by atoms with van der Waals surface area (Å²) in [5.41, 5.74) is 11.2. The van der Waals surface area contributed by atoms with Crippen molar-refractivity contribution in [1.82, 2.24) is 0 Å². The minimum atomic E-state index is -2.54. The van der Waals surface area contributed by atoms with Crippen molar-refractivity contribution in [3.05, 3.63) is 52.8 Å². The maximum atomic E-state index is 13.9. The Hall–Kier alpha value is -3.89. The number of allylic oxidation sites excluding steroid dienone is 1. The Morgan fingerprint density at radius 2 is 1.84 bits per heavy atom. The van der Waals surface area contributed by atoms with E-state index >= 15 is 0 Å². The van der Waals surface area contributed by atoms with Crippen LogP contribution >= 0.6 is 0 Å². The zero-order chi connectivity index (χ0) is 27.0. The van der Waals surface area contributed by atoms with Crippen molar-refractivity contribution in [2.75, 3.05) is 24.7 Å². The smallest absolute Gasteiger partial charge is 0.230 e. The molecule has 0 heterocycles. The molecule has 1 amide bonds. The fraction of sp³-hybridized carbons (Fsp3) is 0.370. The number of carbonyl (C=O) groups is 3. The minimum Gasteiger partial charge on any atom is -0.508 e. The molecule has 194 valence electrons. The van der Waals surface area contributed by atoms with Gasteiger partial charge in [0.05, 0.1) is 11.7 Å². The number of primary amides is 1. The van der Waals surface area contributed by atoms with Gasteiger partial charge in [-0.05, 0) is 54.5 Å². The van der Waals surface area contributed by atoms with E-state index in [0.29, 0.717) is 28.1 Å². The van der Waals surface area contributed by atoms with Crippen molar-refractivity contribution in [1.29, 1.82) is 0 Å². The molecule has 37 heavy (non-hydrogen) atoms. The van der Waals surface area contributed by atoms with Crippen LogP contribution < -0.4 is 16.4 Å². The lowest BCUT2D eigenvalue weighted by Crippen LogP contribution is -2.63. The number of ketones is 2. The van der Waals surface area contributed by atoms with Gasteiger partial charge >= 0.3 is 0 Å². The molecule has 10 heteroatoms. The number of phenols is 1. The molecule has 2 aromatic rings. The molecule has 0 saturated heterocycles. The van der Waals surface area contributed by atoms with Gasteiger partial charge in [0, 0.05) is 42.5 Å². The van der Waals surface area contributed by atoms with E-state index in [1.54, 1.807) is 30.3 Å². The van der Waals surface area contributed by atoms with Crippen LogP contribution in [-0.2, 0) is 16.0 Å². The van der Waals surface area contributed by atoms with Gasteiger partial charge in [-0.1, -0.05) is 12.1 Å². The summed E-state index contributed by atoms with van der Waals surface area (Å²) < 4.78 is 0. The summed E-state index contributed by atoms with van der Waals surface area (Å²) in [5.74, 6) is -7.31. The van der Waals surface area contributed by atoms with Crippen LogP contribution in [0.1, 0.15) is 28.8 Å². The third-order valence-corrected chi connectivity index (χ3v) is 8.05. The van der Waals surface area contributed by atoms with Crippen LogP contribution in [0.3, 0.4) is 0 Å². The Morgan fingerprint density at radius 3 is 2.46 bits per heavy atom.